The van der Waals surface area contributed by atoms with E-state index in [1.807, 2.05) is 36.4 Å². The number of aromatic hydroxyl groups is 1. The molecule has 0 saturated heterocycles. The molecule has 1 aliphatic heterocycles. The average Bonchev–Trinajstić information content (AvgIpc) is 2.41. The molecule has 18 heavy (non-hydrogen) atoms. The summed E-state index contributed by atoms with van der Waals surface area (Å²) in [7, 11) is 0. The molecule has 0 bridgehead atoms. The van der Waals surface area contributed by atoms with Crippen molar-refractivity contribution in [2.75, 3.05) is 0 Å². The number of hydroxylamine groups is 1. The topological polar surface area (TPSA) is 41.5 Å². The Morgan fingerprint density at radius 1 is 0.889 bits per heavy atom. The zero-order valence-corrected chi connectivity index (χ0v) is 10.4. The van der Waals surface area contributed by atoms with Crippen LogP contribution < -0.4 is 10.3 Å². The van der Waals surface area contributed by atoms with Gasteiger partial charge in [-0.15, -0.1) is 0 Å². The van der Waals surface area contributed by atoms with E-state index in [1.165, 1.54) is 0 Å². The Hall–Kier alpha value is -1.90. The van der Waals surface area contributed by atoms with Crippen molar-refractivity contribution in [3.05, 3.63) is 66.4 Å². The molecule has 1 heterocycles. The maximum absolute atomic E-state index is 8.63. The van der Waals surface area contributed by atoms with Gasteiger partial charge in [0.2, 0.25) is 0 Å². The van der Waals surface area contributed by atoms with Gasteiger partial charge in [-0.1, -0.05) is 36.4 Å². The van der Waals surface area contributed by atoms with E-state index in [0.29, 0.717) is 5.75 Å². The van der Waals surface area contributed by atoms with Gasteiger partial charge >= 0.3 is 0 Å². The van der Waals surface area contributed by atoms with Crippen molar-refractivity contribution in [2.24, 2.45) is 0 Å². The van der Waals surface area contributed by atoms with Crippen molar-refractivity contribution in [1.29, 1.82) is 0 Å². The smallest absolute Gasteiger partial charge is 0.162 e. The van der Waals surface area contributed by atoms with Crippen molar-refractivity contribution >= 4 is 6.08 Å². The fourth-order valence-electron chi connectivity index (χ4n) is 1.36. The number of hydrogen-bond acceptors (Lipinski definition) is 3. The Morgan fingerprint density at radius 2 is 1.56 bits per heavy atom. The summed E-state index contributed by atoms with van der Waals surface area (Å²) in [5.41, 5.74) is 3.77. The van der Waals surface area contributed by atoms with Gasteiger partial charge in [0.1, 0.15) is 5.75 Å². The molecule has 0 saturated carbocycles. The van der Waals surface area contributed by atoms with E-state index >= 15 is 0 Å². The van der Waals surface area contributed by atoms with Crippen LogP contribution in [0.4, 0.5) is 0 Å². The van der Waals surface area contributed by atoms with Crippen molar-refractivity contribution in [3.63, 3.8) is 0 Å². The second-order valence-corrected chi connectivity index (χ2v) is 3.43. The zero-order valence-electron chi connectivity index (χ0n) is 9.51. The van der Waals surface area contributed by atoms with Gasteiger partial charge in [0.05, 0.1) is 0 Å². The number of para-hydroxylation sites is 2. The summed E-state index contributed by atoms with van der Waals surface area (Å²) in [6, 6.07) is 16.6. The number of phenolic OH excluding ortho intramolecular Hbond substituents is 1. The van der Waals surface area contributed by atoms with Crippen LogP contribution in [0.25, 0.3) is 6.08 Å². The number of rotatable bonds is 0. The summed E-state index contributed by atoms with van der Waals surface area (Å²) >= 11 is 0. The van der Waals surface area contributed by atoms with Gasteiger partial charge in [-0.05, 0) is 24.3 Å². The molecule has 0 amide bonds. The largest absolute Gasteiger partial charge is 0.508 e. The first-order valence-corrected chi connectivity index (χ1v) is 5.28. The Balaban J connectivity index is 0.000000181. The number of benzene rings is 2. The van der Waals surface area contributed by atoms with Crippen molar-refractivity contribution in [2.45, 2.75) is 0 Å². The summed E-state index contributed by atoms with van der Waals surface area (Å²) in [6.07, 6.45) is 3.74. The first-order valence-electron chi connectivity index (χ1n) is 5.28. The van der Waals surface area contributed by atoms with Crippen LogP contribution >= 0.6 is 0 Å². The first kappa shape index (κ1) is 14.2. The van der Waals surface area contributed by atoms with Gasteiger partial charge in [-0.25, -0.2) is 5.48 Å². The molecule has 97 valence electrons. The van der Waals surface area contributed by atoms with Crippen LogP contribution in [0.1, 0.15) is 5.56 Å². The average molecular weight is 291 g/mol. The fraction of sp³-hybridized carbons (Fsp3) is 0. The van der Waals surface area contributed by atoms with Gasteiger partial charge in [-0.2, -0.15) is 0 Å². The second kappa shape index (κ2) is 7.43. The van der Waals surface area contributed by atoms with Gasteiger partial charge in [0, 0.05) is 28.8 Å². The van der Waals surface area contributed by atoms with Crippen LogP contribution in [0, 0.1) is 0 Å². The van der Waals surface area contributed by atoms with Gasteiger partial charge in [0.25, 0.3) is 0 Å². The second-order valence-electron chi connectivity index (χ2n) is 3.43. The minimum Gasteiger partial charge on any atom is -0.508 e. The molecular formula is C14H13CuNO2. The maximum Gasteiger partial charge on any atom is 0.162 e. The third-order valence-corrected chi connectivity index (χ3v) is 2.18. The molecule has 0 spiro atoms. The normalized spacial score (nSPS) is 10.7. The molecule has 1 radical (unpaired) electrons. The predicted octanol–water partition coefficient (Wildman–Crippen LogP) is 2.94. The van der Waals surface area contributed by atoms with Crippen LogP contribution in [-0.2, 0) is 17.1 Å². The summed E-state index contributed by atoms with van der Waals surface area (Å²) in [4.78, 5) is 5.09. The molecule has 0 atom stereocenters. The molecule has 2 aromatic rings. The third-order valence-electron chi connectivity index (χ3n) is 2.18. The minimum atomic E-state index is 0. The molecule has 3 rings (SSSR count). The Morgan fingerprint density at radius 3 is 2.17 bits per heavy atom. The van der Waals surface area contributed by atoms with Crippen LogP contribution in [0.15, 0.2) is 60.8 Å². The van der Waals surface area contributed by atoms with Crippen molar-refractivity contribution in [3.8, 4) is 11.5 Å². The molecular weight excluding hydrogens is 278 g/mol. The monoisotopic (exact) mass is 290 g/mol. The van der Waals surface area contributed by atoms with E-state index in [4.69, 9.17) is 9.94 Å². The molecule has 0 aliphatic carbocycles. The Kier molecular flexibility index (Phi) is 5.85. The van der Waals surface area contributed by atoms with Crippen molar-refractivity contribution in [1.82, 2.24) is 5.48 Å². The number of nitrogens with one attached hydrogen (secondary N) is 1. The van der Waals surface area contributed by atoms with E-state index in [2.05, 4.69) is 5.48 Å². The molecule has 3 nitrogen and oxygen atoms in total. The van der Waals surface area contributed by atoms with Gasteiger partial charge in [-0.3, -0.25) is 0 Å². The molecule has 2 aromatic carbocycles. The number of phenols is 1. The SMILES string of the molecule is C1=Cc2ccccc2ON1.Oc1ccccc1.[Cu]. The van der Waals surface area contributed by atoms with Crippen LogP contribution in [0.5, 0.6) is 11.5 Å². The number of fused-ring (bicyclic) bond motifs is 1. The third kappa shape index (κ3) is 4.17. The van der Waals surface area contributed by atoms with E-state index < -0.39 is 0 Å². The van der Waals surface area contributed by atoms with Crippen LogP contribution in [-0.4, -0.2) is 5.11 Å². The molecule has 0 aromatic heterocycles. The molecule has 0 unspecified atom stereocenters. The van der Waals surface area contributed by atoms with Gasteiger partial charge in [0.15, 0.2) is 5.75 Å². The zero-order chi connectivity index (χ0) is 11.9. The summed E-state index contributed by atoms with van der Waals surface area (Å²) in [5.74, 6) is 1.20. The van der Waals surface area contributed by atoms with E-state index in [1.54, 1.807) is 30.5 Å². The Bertz CT molecular complexity index is 500. The molecule has 1 aliphatic rings. The molecule has 2 N–H and O–H groups in total. The number of hydrogen-bond donors (Lipinski definition) is 2. The van der Waals surface area contributed by atoms with Gasteiger partial charge < -0.3 is 9.94 Å². The maximum atomic E-state index is 8.63. The fourth-order valence-corrected chi connectivity index (χ4v) is 1.36. The minimum absolute atomic E-state index is 0. The Labute approximate surface area is 117 Å². The van der Waals surface area contributed by atoms with Crippen LogP contribution in [0.2, 0.25) is 0 Å². The van der Waals surface area contributed by atoms with E-state index in [0.717, 1.165) is 11.3 Å². The first-order chi connectivity index (χ1) is 8.36. The molecule has 0 fully saturated rings. The predicted molar refractivity (Wildman–Crippen MR) is 67.3 cm³/mol. The van der Waals surface area contributed by atoms with Crippen LogP contribution in [0.3, 0.4) is 0 Å². The summed E-state index contributed by atoms with van der Waals surface area (Å²) < 4.78 is 0. The quantitative estimate of drug-likeness (QED) is 0.733. The van der Waals surface area contributed by atoms with E-state index in [9.17, 15) is 0 Å². The van der Waals surface area contributed by atoms with Crippen molar-refractivity contribution < 1.29 is 27.0 Å². The molecule has 4 heteroatoms. The standard InChI is InChI=1S/C8H7NO.C6H6O.Cu/c1-2-4-8-7(3-1)5-6-9-10-8;7-6-4-2-1-3-5-6;/h1-6,9H;1-5,7H;. The summed E-state index contributed by atoms with van der Waals surface area (Å²) in [5, 5.41) is 8.63. The summed E-state index contributed by atoms with van der Waals surface area (Å²) in [6.45, 7) is 0. The van der Waals surface area contributed by atoms with E-state index in [-0.39, 0.29) is 17.1 Å².